The lowest BCUT2D eigenvalue weighted by atomic mass is 10.2. The van der Waals surface area contributed by atoms with Crippen LogP contribution < -0.4 is 9.47 Å². The van der Waals surface area contributed by atoms with Gasteiger partial charge in [-0.3, -0.25) is 9.69 Å². The molecule has 0 bridgehead atoms. The van der Waals surface area contributed by atoms with Crippen molar-refractivity contribution in [2.45, 2.75) is 37.6 Å². The monoisotopic (exact) mass is 425 g/mol. The second-order valence-corrected chi connectivity index (χ2v) is 9.55. The number of piperazine rings is 1. The van der Waals surface area contributed by atoms with Gasteiger partial charge in [0.1, 0.15) is 0 Å². The summed E-state index contributed by atoms with van der Waals surface area (Å²) in [4.78, 5) is 16.5. The van der Waals surface area contributed by atoms with Crippen LogP contribution in [-0.2, 0) is 14.8 Å². The summed E-state index contributed by atoms with van der Waals surface area (Å²) >= 11 is 0. The zero-order valence-corrected chi connectivity index (χ0v) is 18.3. The average Bonchev–Trinajstić information content (AvgIpc) is 2.97. The molecular weight excluding hydrogens is 394 g/mol. The van der Waals surface area contributed by atoms with Gasteiger partial charge < -0.3 is 14.4 Å². The Hall–Kier alpha value is -1.84. The van der Waals surface area contributed by atoms with Crippen molar-refractivity contribution in [1.82, 2.24) is 14.1 Å². The molecule has 29 heavy (non-hydrogen) atoms. The Balaban J connectivity index is 1.63. The van der Waals surface area contributed by atoms with Gasteiger partial charge in [0, 0.05) is 44.7 Å². The van der Waals surface area contributed by atoms with Crippen molar-refractivity contribution in [2.24, 2.45) is 0 Å². The van der Waals surface area contributed by atoms with Crippen LogP contribution in [0.25, 0.3) is 0 Å². The van der Waals surface area contributed by atoms with Gasteiger partial charge in [0.25, 0.3) is 0 Å². The van der Waals surface area contributed by atoms with Gasteiger partial charge in [0.05, 0.1) is 24.7 Å². The number of likely N-dealkylation sites (N-methyl/N-ethyl adjacent to an activating group) is 1. The lowest BCUT2D eigenvalue weighted by Gasteiger charge is -2.35. The molecule has 0 N–H and O–H groups in total. The number of sulfonamides is 1. The normalized spacial score (nSPS) is 19.1. The molecule has 0 spiro atoms. The van der Waals surface area contributed by atoms with E-state index in [0.717, 1.165) is 12.8 Å². The summed E-state index contributed by atoms with van der Waals surface area (Å²) in [6, 6.07) is 5.08. The van der Waals surface area contributed by atoms with Crippen molar-refractivity contribution >= 4 is 15.9 Å². The van der Waals surface area contributed by atoms with Gasteiger partial charge in [-0.2, -0.15) is 4.31 Å². The fourth-order valence-corrected chi connectivity index (χ4v) is 4.85. The van der Waals surface area contributed by atoms with Crippen LogP contribution in [-0.4, -0.2) is 87.5 Å². The molecule has 3 rings (SSSR count). The molecule has 1 fully saturated rings. The van der Waals surface area contributed by atoms with Crippen molar-refractivity contribution in [3.05, 3.63) is 18.2 Å². The highest BCUT2D eigenvalue weighted by molar-refractivity contribution is 7.89. The number of carbonyl (C=O) groups is 1. The minimum Gasteiger partial charge on any atom is -0.490 e. The summed E-state index contributed by atoms with van der Waals surface area (Å²) in [7, 11) is -1.71. The molecule has 1 atom stereocenters. The molecular formula is C20H31N3O5S. The van der Waals surface area contributed by atoms with E-state index >= 15 is 0 Å². The molecule has 8 nitrogen and oxygen atoms in total. The van der Waals surface area contributed by atoms with E-state index in [1.807, 2.05) is 11.9 Å². The molecule has 2 aliphatic rings. The molecule has 162 valence electrons. The van der Waals surface area contributed by atoms with Gasteiger partial charge in [-0.1, -0.05) is 6.92 Å². The molecule has 2 heterocycles. The Morgan fingerprint density at radius 2 is 1.79 bits per heavy atom. The number of nitrogens with zero attached hydrogens (tertiary/aromatic N) is 3. The molecule has 0 aliphatic carbocycles. The van der Waals surface area contributed by atoms with E-state index in [2.05, 4.69) is 13.8 Å². The van der Waals surface area contributed by atoms with Gasteiger partial charge >= 0.3 is 0 Å². The Labute approximate surface area is 173 Å². The van der Waals surface area contributed by atoms with Gasteiger partial charge in [-0.15, -0.1) is 0 Å². The number of benzene rings is 1. The third-order valence-corrected chi connectivity index (χ3v) is 7.57. The summed E-state index contributed by atoms with van der Waals surface area (Å²) in [6.07, 6.45) is 1.74. The van der Waals surface area contributed by atoms with E-state index in [1.165, 1.54) is 10.4 Å². The lowest BCUT2D eigenvalue weighted by Crippen LogP contribution is -2.52. The minimum absolute atomic E-state index is 0.0421. The zero-order chi connectivity index (χ0) is 21.0. The van der Waals surface area contributed by atoms with Crippen LogP contribution >= 0.6 is 0 Å². The highest BCUT2D eigenvalue weighted by atomic mass is 32.2. The van der Waals surface area contributed by atoms with E-state index < -0.39 is 10.0 Å². The van der Waals surface area contributed by atoms with Crippen LogP contribution in [0.2, 0.25) is 0 Å². The third-order valence-electron chi connectivity index (χ3n) is 5.68. The molecule has 9 heteroatoms. The molecule has 1 amide bonds. The fourth-order valence-electron chi connectivity index (χ4n) is 3.41. The number of hydrogen-bond acceptors (Lipinski definition) is 6. The fraction of sp³-hybridized carbons (Fsp3) is 0.650. The van der Waals surface area contributed by atoms with Crippen LogP contribution in [0.1, 0.15) is 26.7 Å². The highest BCUT2D eigenvalue weighted by Crippen LogP contribution is 2.33. The van der Waals surface area contributed by atoms with Crippen LogP contribution in [0.3, 0.4) is 0 Å². The predicted octanol–water partition coefficient (Wildman–Crippen LogP) is 1.41. The van der Waals surface area contributed by atoms with Gasteiger partial charge in [-0.05, 0) is 32.5 Å². The molecule has 0 saturated carbocycles. The molecule has 1 unspecified atom stereocenters. The molecule has 0 radical (unpaired) electrons. The van der Waals surface area contributed by atoms with Gasteiger partial charge in [0.2, 0.25) is 15.9 Å². The SMILES string of the molecule is CCC(C)N(C)CC(=O)N1CCN(S(=O)(=O)c2ccc3c(c2)OCCCO3)CC1. The summed E-state index contributed by atoms with van der Waals surface area (Å²) in [5.41, 5.74) is 0. The first kappa shape index (κ1) is 21.9. The van der Waals surface area contributed by atoms with E-state index in [9.17, 15) is 13.2 Å². The van der Waals surface area contributed by atoms with Crippen molar-refractivity contribution < 1.29 is 22.7 Å². The number of fused-ring (bicyclic) bond motifs is 1. The maximum Gasteiger partial charge on any atom is 0.243 e. The van der Waals surface area contributed by atoms with E-state index in [1.54, 1.807) is 17.0 Å². The molecule has 0 aromatic heterocycles. The van der Waals surface area contributed by atoms with Crippen LogP contribution in [0.5, 0.6) is 11.5 Å². The lowest BCUT2D eigenvalue weighted by molar-refractivity contribution is -0.133. The first-order valence-corrected chi connectivity index (χ1v) is 11.6. The van der Waals surface area contributed by atoms with Crippen molar-refractivity contribution in [1.29, 1.82) is 0 Å². The smallest absolute Gasteiger partial charge is 0.243 e. The Morgan fingerprint density at radius 1 is 1.14 bits per heavy atom. The number of rotatable bonds is 6. The third kappa shape index (κ3) is 5.02. The summed E-state index contributed by atoms with van der Waals surface area (Å²) in [5.74, 6) is 1.08. The summed E-state index contributed by atoms with van der Waals surface area (Å²) < 4.78 is 38.8. The molecule has 2 aliphatic heterocycles. The van der Waals surface area contributed by atoms with E-state index in [-0.39, 0.29) is 23.9 Å². The van der Waals surface area contributed by atoms with Crippen LogP contribution in [0, 0.1) is 0 Å². The zero-order valence-electron chi connectivity index (χ0n) is 17.5. The maximum atomic E-state index is 13.1. The first-order valence-electron chi connectivity index (χ1n) is 10.2. The second kappa shape index (κ2) is 9.32. The van der Waals surface area contributed by atoms with Crippen LogP contribution in [0.15, 0.2) is 23.1 Å². The number of carbonyl (C=O) groups excluding carboxylic acids is 1. The summed E-state index contributed by atoms with van der Waals surface area (Å²) in [5, 5.41) is 0. The van der Waals surface area contributed by atoms with Crippen molar-refractivity contribution in [2.75, 3.05) is 53.0 Å². The standard InChI is InChI=1S/C20H31N3O5S/c1-4-16(2)21(3)15-20(24)22-8-10-23(11-9-22)29(25,26)17-6-7-18-19(14-17)28-13-5-12-27-18/h6-7,14,16H,4-5,8-13,15H2,1-3H3. The topological polar surface area (TPSA) is 79.4 Å². The minimum atomic E-state index is -3.65. The molecule has 1 aromatic carbocycles. The maximum absolute atomic E-state index is 13.1. The number of hydrogen-bond donors (Lipinski definition) is 0. The Morgan fingerprint density at radius 3 is 2.45 bits per heavy atom. The Bertz CT molecular complexity index is 821. The van der Waals surface area contributed by atoms with E-state index in [0.29, 0.717) is 50.4 Å². The van der Waals surface area contributed by atoms with Gasteiger partial charge in [-0.25, -0.2) is 8.42 Å². The van der Waals surface area contributed by atoms with Crippen molar-refractivity contribution in [3.8, 4) is 11.5 Å². The van der Waals surface area contributed by atoms with E-state index in [4.69, 9.17) is 9.47 Å². The van der Waals surface area contributed by atoms with Crippen LogP contribution in [0.4, 0.5) is 0 Å². The summed E-state index contributed by atoms with van der Waals surface area (Å²) in [6.45, 7) is 6.97. The quantitative estimate of drug-likeness (QED) is 0.686. The number of amides is 1. The van der Waals surface area contributed by atoms with Crippen molar-refractivity contribution in [3.63, 3.8) is 0 Å². The van der Waals surface area contributed by atoms with Gasteiger partial charge in [0.15, 0.2) is 11.5 Å². The highest BCUT2D eigenvalue weighted by Gasteiger charge is 2.31. The predicted molar refractivity (Wildman–Crippen MR) is 110 cm³/mol. The molecule has 1 saturated heterocycles. The largest absolute Gasteiger partial charge is 0.490 e. The average molecular weight is 426 g/mol. The number of ether oxygens (including phenoxy) is 2. The molecule has 1 aromatic rings. The second-order valence-electron chi connectivity index (χ2n) is 7.62. The first-order chi connectivity index (χ1) is 13.8. The Kier molecular flexibility index (Phi) is 7.02.